The van der Waals surface area contributed by atoms with Gasteiger partial charge in [0, 0.05) is 12.0 Å². The van der Waals surface area contributed by atoms with E-state index in [0.29, 0.717) is 18.8 Å². The number of allylic oxidation sites excluding steroid dienone is 1. The van der Waals surface area contributed by atoms with Crippen LogP contribution >= 0.6 is 11.8 Å². The minimum Gasteiger partial charge on any atom is -0.323 e. The first-order chi connectivity index (χ1) is 12.4. The number of carbonyl (C=O) groups is 1. The minimum atomic E-state index is -0.352. The first kappa shape index (κ1) is 18.4. The molecule has 0 spiro atoms. The number of Topliss-reactive ketones (excluding diaryl/α,β-unsaturated/α-hetero) is 1. The summed E-state index contributed by atoms with van der Waals surface area (Å²) in [6, 6.07) is 7.99. The standard InChI is InChI=1S/C19H23N5OS/c1-5-10-24-17(11-23-13-20-14-8-6-7-9-15(14)23)21-22-18(24)26-12-16(25)19(2,3)4/h5-9,13H,1,10-12H2,2-4H3. The van der Waals surface area contributed by atoms with Crippen LogP contribution in [-0.2, 0) is 17.9 Å². The third-order valence-corrected chi connectivity index (χ3v) is 5.08. The number of hydrogen-bond acceptors (Lipinski definition) is 5. The molecule has 0 fully saturated rings. The van der Waals surface area contributed by atoms with E-state index in [1.807, 2.05) is 66.6 Å². The van der Waals surface area contributed by atoms with Gasteiger partial charge in [0.2, 0.25) is 0 Å². The Morgan fingerprint density at radius 1 is 1.27 bits per heavy atom. The van der Waals surface area contributed by atoms with E-state index in [0.717, 1.165) is 22.0 Å². The highest BCUT2D eigenvalue weighted by Gasteiger charge is 2.22. The summed E-state index contributed by atoms with van der Waals surface area (Å²) in [5, 5.41) is 9.37. The van der Waals surface area contributed by atoms with Crippen molar-refractivity contribution in [3.63, 3.8) is 0 Å². The van der Waals surface area contributed by atoms with Crippen LogP contribution in [0.15, 0.2) is 48.4 Å². The Balaban J connectivity index is 1.83. The third-order valence-electron chi connectivity index (χ3n) is 4.11. The molecule has 1 aromatic carbocycles. The van der Waals surface area contributed by atoms with Gasteiger partial charge in [-0.1, -0.05) is 50.7 Å². The largest absolute Gasteiger partial charge is 0.323 e. The molecule has 0 aliphatic rings. The van der Waals surface area contributed by atoms with E-state index < -0.39 is 0 Å². The molecule has 0 amide bonds. The van der Waals surface area contributed by atoms with Gasteiger partial charge in [-0.25, -0.2) is 4.98 Å². The molecule has 0 aliphatic carbocycles. The van der Waals surface area contributed by atoms with Gasteiger partial charge in [-0.05, 0) is 12.1 Å². The highest BCUT2D eigenvalue weighted by atomic mass is 32.2. The Morgan fingerprint density at radius 3 is 2.77 bits per heavy atom. The molecule has 2 heterocycles. The second kappa shape index (κ2) is 7.45. The average molecular weight is 369 g/mol. The summed E-state index contributed by atoms with van der Waals surface area (Å²) < 4.78 is 4.05. The fourth-order valence-corrected chi connectivity index (χ4v) is 3.62. The lowest BCUT2D eigenvalue weighted by Crippen LogP contribution is -2.22. The summed E-state index contributed by atoms with van der Waals surface area (Å²) in [7, 11) is 0. The molecule has 0 N–H and O–H groups in total. The van der Waals surface area contributed by atoms with Crippen LogP contribution in [0.2, 0.25) is 0 Å². The Labute approximate surface area is 157 Å². The van der Waals surface area contributed by atoms with E-state index in [4.69, 9.17) is 0 Å². The van der Waals surface area contributed by atoms with Crippen molar-refractivity contribution in [3.8, 4) is 0 Å². The zero-order valence-electron chi connectivity index (χ0n) is 15.3. The molecular formula is C19H23N5OS. The predicted octanol–water partition coefficient (Wildman–Crippen LogP) is 3.57. The fraction of sp³-hybridized carbons (Fsp3) is 0.368. The molecule has 136 valence electrons. The van der Waals surface area contributed by atoms with Crippen LogP contribution in [0.4, 0.5) is 0 Å². The summed E-state index contributed by atoms with van der Waals surface area (Å²) in [6.45, 7) is 10.8. The molecule has 7 heteroatoms. The molecule has 3 rings (SSSR count). The third kappa shape index (κ3) is 3.88. The SMILES string of the molecule is C=CCn1c(Cn2cnc3ccccc32)nnc1SCC(=O)C(C)(C)C. The highest BCUT2D eigenvalue weighted by molar-refractivity contribution is 7.99. The van der Waals surface area contributed by atoms with E-state index in [1.165, 1.54) is 11.8 Å². The summed E-state index contributed by atoms with van der Waals surface area (Å²) in [5.74, 6) is 1.39. The maximum absolute atomic E-state index is 12.2. The second-order valence-corrected chi connectivity index (χ2v) is 8.06. The normalized spacial score (nSPS) is 11.8. The lowest BCUT2D eigenvalue weighted by molar-refractivity contribution is -0.123. The summed E-state index contributed by atoms with van der Waals surface area (Å²) in [5.41, 5.74) is 1.65. The van der Waals surface area contributed by atoms with Gasteiger partial charge in [0.1, 0.15) is 5.78 Å². The molecule has 2 aromatic heterocycles. The van der Waals surface area contributed by atoms with E-state index in [-0.39, 0.29) is 11.2 Å². The lowest BCUT2D eigenvalue weighted by atomic mass is 9.92. The highest BCUT2D eigenvalue weighted by Crippen LogP contribution is 2.23. The average Bonchev–Trinajstić information content (AvgIpc) is 3.18. The summed E-state index contributed by atoms with van der Waals surface area (Å²) in [4.78, 5) is 16.6. The fourth-order valence-electron chi connectivity index (χ4n) is 2.49. The molecule has 0 atom stereocenters. The number of thioether (sulfide) groups is 1. The number of para-hydroxylation sites is 2. The first-order valence-corrected chi connectivity index (χ1v) is 9.47. The monoisotopic (exact) mass is 369 g/mol. The number of nitrogens with zero attached hydrogens (tertiary/aromatic N) is 5. The Bertz CT molecular complexity index is 935. The van der Waals surface area contributed by atoms with Crippen molar-refractivity contribution < 1.29 is 4.79 Å². The van der Waals surface area contributed by atoms with Gasteiger partial charge in [-0.2, -0.15) is 0 Å². The molecule has 0 radical (unpaired) electrons. The van der Waals surface area contributed by atoms with Crippen LogP contribution in [0.25, 0.3) is 11.0 Å². The summed E-state index contributed by atoms with van der Waals surface area (Å²) in [6.07, 6.45) is 3.63. The number of imidazole rings is 1. The topological polar surface area (TPSA) is 65.6 Å². The number of benzene rings is 1. The minimum absolute atomic E-state index is 0.192. The van der Waals surface area contributed by atoms with Crippen molar-refractivity contribution in [1.82, 2.24) is 24.3 Å². The van der Waals surface area contributed by atoms with Gasteiger partial charge >= 0.3 is 0 Å². The van der Waals surface area contributed by atoms with Crippen molar-refractivity contribution in [1.29, 1.82) is 0 Å². The molecule has 0 saturated carbocycles. The molecule has 0 aliphatic heterocycles. The van der Waals surface area contributed by atoms with Crippen LogP contribution in [0, 0.1) is 5.41 Å². The van der Waals surface area contributed by atoms with Crippen molar-refractivity contribution in [2.75, 3.05) is 5.75 Å². The van der Waals surface area contributed by atoms with Gasteiger partial charge in [0.05, 0.1) is 29.7 Å². The van der Waals surface area contributed by atoms with Crippen molar-refractivity contribution in [2.45, 2.75) is 39.0 Å². The van der Waals surface area contributed by atoms with Gasteiger partial charge in [-0.3, -0.25) is 4.79 Å². The van der Waals surface area contributed by atoms with Crippen LogP contribution in [0.5, 0.6) is 0 Å². The number of hydrogen-bond donors (Lipinski definition) is 0. The van der Waals surface area contributed by atoms with Crippen LogP contribution in [0.3, 0.4) is 0 Å². The first-order valence-electron chi connectivity index (χ1n) is 8.49. The predicted molar refractivity (Wildman–Crippen MR) is 104 cm³/mol. The lowest BCUT2D eigenvalue weighted by Gasteiger charge is -2.16. The van der Waals surface area contributed by atoms with Gasteiger partial charge in [0.15, 0.2) is 11.0 Å². The molecule has 0 unspecified atom stereocenters. The molecular weight excluding hydrogens is 346 g/mol. The number of aromatic nitrogens is 5. The van der Waals surface area contributed by atoms with Gasteiger partial charge < -0.3 is 9.13 Å². The molecule has 3 aromatic rings. The smallest absolute Gasteiger partial charge is 0.191 e. The maximum Gasteiger partial charge on any atom is 0.191 e. The summed E-state index contributed by atoms with van der Waals surface area (Å²) >= 11 is 1.43. The molecule has 26 heavy (non-hydrogen) atoms. The van der Waals surface area contributed by atoms with Crippen LogP contribution < -0.4 is 0 Å². The molecule has 0 bridgehead atoms. The molecule has 6 nitrogen and oxygen atoms in total. The zero-order valence-corrected chi connectivity index (χ0v) is 16.2. The van der Waals surface area contributed by atoms with Crippen molar-refractivity contribution in [2.24, 2.45) is 5.41 Å². The maximum atomic E-state index is 12.2. The number of fused-ring (bicyclic) bond motifs is 1. The Kier molecular flexibility index (Phi) is 5.27. The van der Waals surface area contributed by atoms with E-state index in [1.54, 1.807) is 0 Å². The molecule has 0 saturated heterocycles. The number of carbonyl (C=O) groups excluding carboxylic acids is 1. The van der Waals surface area contributed by atoms with Crippen molar-refractivity contribution in [3.05, 3.63) is 49.1 Å². The van der Waals surface area contributed by atoms with Gasteiger partial charge in [-0.15, -0.1) is 16.8 Å². The van der Waals surface area contributed by atoms with E-state index in [2.05, 4.69) is 21.8 Å². The van der Waals surface area contributed by atoms with Crippen LogP contribution in [0.1, 0.15) is 26.6 Å². The second-order valence-electron chi connectivity index (χ2n) is 7.12. The Hall–Kier alpha value is -2.41. The van der Waals surface area contributed by atoms with E-state index >= 15 is 0 Å². The Morgan fingerprint density at radius 2 is 2.04 bits per heavy atom. The number of rotatable bonds is 7. The van der Waals surface area contributed by atoms with Crippen molar-refractivity contribution >= 4 is 28.6 Å². The van der Waals surface area contributed by atoms with Gasteiger partial charge in [0.25, 0.3) is 0 Å². The zero-order chi connectivity index (χ0) is 18.7. The van der Waals surface area contributed by atoms with E-state index in [9.17, 15) is 4.79 Å². The quantitative estimate of drug-likeness (QED) is 0.470. The van der Waals surface area contributed by atoms with Crippen LogP contribution in [-0.4, -0.2) is 35.9 Å². The number of ketones is 1.